The number of halogens is 7. The number of fused-ring (bicyclic) bond motifs is 1. The summed E-state index contributed by atoms with van der Waals surface area (Å²) in [4.78, 5) is 24.3. The van der Waals surface area contributed by atoms with Crippen molar-refractivity contribution in [2.75, 3.05) is 18.6 Å². The van der Waals surface area contributed by atoms with Crippen LogP contribution in [0.5, 0.6) is 17.2 Å². The molecule has 1 amide bonds. The molecule has 3 aromatic rings. The Morgan fingerprint density at radius 2 is 1.66 bits per heavy atom. The number of nitrogens with zero attached hydrogens (tertiary/aromatic N) is 1. The molecule has 1 heterocycles. The van der Waals surface area contributed by atoms with Crippen LogP contribution in [0.15, 0.2) is 54.6 Å². The number of rotatable bonds is 6. The van der Waals surface area contributed by atoms with E-state index in [0.29, 0.717) is 12.1 Å². The van der Waals surface area contributed by atoms with Crippen molar-refractivity contribution in [3.05, 3.63) is 81.9 Å². The number of carbonyl (C=O) groups excluding carboxylic acids is 1. The molecule has 1 aliphatic heterocycles. The van der Waals surface area contributed by atoms with Crippen molar-refractivity contribution in [3.8, 4) is 17.2 Å². The topological polar surface area (TPSA) is 96.3 Å². The van der Waals surface area contributed by atoms with Crippen molar-refractivity contribution in [1.29, 1.82) is 0 Å². The molecule has 4 rings (SSSR count). The van der Waals surface area contributed by atoms with Gasteiger partial charge in [0, 0.05) is 18.0 Å². The highest BCUT2D eigenvalue weighted by molar-refractivity contribution is 6.31. The molecule has 0 radical (unpaired) electrons. The second-order valence-corrected chi connectivity index (χ2v) is 9.61. The van der Waals surface area contributed by atoms with Gasteiger partial charge >= 0.3 is 18.3 Å². The Bertz CT molecular complexity index is 1530. The van der Waals surface area contributed by atoms with Crippen molar-refractivity contribution in [2.24, 2.45) is 0 Å². The van der Waals surface area contributed by atoms with E-state index < -0.39 is 58.2 Å². The molecular weight excluding hydrogens is 584 g/mol. The summed E-state index contributed by atoms with van der Waals surface area (Å²) in [7, 11) is 1.35. The van der Waals surface area contributed by atoms with Crippen LogP contribution in [0.3, 0.4) is 0 Å². The molecular formula is C27H20ClF6NO6. The second kappa shape index (κ2) is 10.5. The van der Waals surface area contributed by atoms with Gasteiger partial charge in [0.2, 0.25) is 0 Å². The summed E-state index contributed by atoms with van der Waals surface area (Å²) in [6.45, 7) is 0.786. The summed E-state index contributed by atoms with van der Waals surface area (Å²) < 4.78 is 94.1. The number of aliphatic hydroxyl groups is 1. The van der Waals surface area contributed by atoms with Crippen LogP contribution >= 0.6 is 11.6 Å². The van der Waals surface area contributed by atoms with E-state index in [-0.39, 0.29) is 34.4 Å². The fourth-order valence-electron chi connectivity index (χ4n) is 4.46. The van der Waals surface area contributed by atoms with Crippen LogP contribution in [0.1, 0.15) is 39.9 Å². The van der Waals surface area contributed by atoms with Crippen LogP contribution in [0, 0.1) is 0 Å². The first-order valence-corrected chi connectivity index (χ1v) is 12.1. The number of ether oxygens (including phenoxy) is 2. The molecule has 0 saturated carbocycles. The van der Waals surface area contributed by atoms with E-state index in [0.717, 1.165) is 48.2 Å². The van der Waals surface area contributed by atoms with Crippen molar-refractivity contribution < 1.29 is 55.6 Å². The molecule has 0 aliphatic carbocycles. The Labute approximate surface area is 233 Å². The maximum atomic E-state index is 14.5. The van der Waals surface area contributed by atoms with E-state index in [1.165, 1.54) is 13.1 Å². The molecule has 0 spiro atoms. The van der Waals surface area contributed by atoms with Gasteiger partial charge in [-0.1, -0.05) is 30.7 Å². The molecule has 2 N–H and O–H groups in total. The van der Waals surface area contributed by atoms with Gasteiger partial charge in [0.1, 0.15) is 17.2 Å². The third kappa shape index (κ3) is 5.51. The summed E-state index contributed by atoms with van der Waals surface area (Å²) in [5.74, 6) is -4.44. The number of amides is 1. The fourth-order valence-corrected chi connectivity index (χ4v) is 4.79. The van der Waals surface area contributed by atoms with E-state index in [9.17, 15) is 41.0 Å². The lowest BCUT2D eigenvalue weighted by Crippen LogP contribution is -2.47. The Balaban J connectivity index is 1.70. The molecule has 3 aromatic carbocycles. The zero-order valence-electron chi connectivity index (χ0n) is 21.1. The number of carboxylic acid groups (broad SMARTS) is 1. The smallest absolute Gasteiger partial charge is 0.422 e. The van der Waals surface area contributed by atoms with Gasteiger partial charge in [-0.15, -0.1) is 0 Å². The van der Waals surface area contributed by atoms with E-state index in [1.54, 1.807) is 0 Å². The molecule has 14 heteroatoms. The van der Waals surface area contributed by atoms with Gasteiger partial charge in [-0.3, -0.25) is 4.79 Å². The first-order valence-electron chi connectivity index (χ1n) is 11.7. The number of carbonyl (C=O) groups is 2. The minimum atomic E-state index is -5.23. The molecule has 0 unspecified atom stereocenters. The average molecular weight is 604 g/mol. The number of alkyl halides is 6. The van der Waals surface area contributed by atoms with E-state index in [4.69, 9.17) is 26.2 Å². The lowest BCUT2D eigenvalue weighted by molar-refractivity contribution is -0.274. The highest BCUT2D eigenvalue weighted by Crippen LogP contribution is 2.51. The van der Waals surface area contributed by atoms with Gasteiger partial charge in [0.25, 0.3) is 5.91 Å². The van der Waals surface area contributed by atoms with Gasteiger partial charge in [0.05, 0.1) is 16.8 Å². The zero-order valence-corrected chi connectivity index (χ0v) is 21.9. The van der Waals surface area contributed by atoms with Crippen molar-refractivity contribution >= 4 is 29.2 Å². The number of benzene rings is 3. The molecule has 0 fully saturated rings. The summed E-state index contributed by atoms with van der Waals surface area (Å²) in [5.41, 5.74) is -6.69. The van der Waals surface area contributed by atoms with Gasteiger partial charge in [0.15, 0.2) is 12.2 Å². The number of likely N-dealkylation sites (N-methyl/N-ethyl adjacent to an activating group) is 1. The van der Waals surface area contributed by atoms with Crippen molar-refractivity contribution in [1.82, 2.24) is 0 Å². The molecule has 0 saturated heterocycles. The average Bonchev–Trinajstić information content (AvgIpc) is 2.88. The van der Waals surface area contributed by atoms with E-state index in [2.05, 4.69) is 0 Å². The summed E-state index contributed by atoms with van der Waals surface area (Å²) >= 11 is 6.27. The maximum Gasteiger partial charge on any atom is 0.422 e. The largest absolute Gasteiger partial charge is 0.482 e. The minimum Gasteiger partial charge on any atom is -0.482 e. The molecule has 0 aromatic heterocycles. The molecule has 7 nitrogen and oxygen atoms in total. The lowest BCUT2D eigenvalue weighted by atomic mass is 9.77. The minimum absolute atomic E-state index is 0.0237. The number of aromatic carboxylic acids is 1. The SMILES string of the molecule is C[C@H](c1ccc(Oc2ccc(C(=O)O)c(C(F)(F)F)c2)cc1Cl)[C@@](O)(c1ccc2c(c1)N(C)C(=O)CO2)C(F)(F)F. The van der Waals surface area contributed by atoms with E-state index in [1.807, 2.05) is 0 Å². The Morgan fingerprint density at radius 3 is 2.24 bits per heavy atom. The summed E-state index contributed by atoms with van der Waals surface area (Å²) in [6, 6.07) is 8.70. The molecule has 1 aliphatic rings. The van der Waals surface area contributed by atoms with Crippen LogP contribution in [-0.2, 0) is 16.6 Å². The van der Waals surface area contributed by atoms with Gasteiger partial charge in [-0.2, -0.15) is 26.3 Å². The number of hydrogen-bond acceptors (Lipinski definition) is 5. The predicted octanol–water partition coefficient (Wildman–Crippen LogP) is 6.76. The van der Waals surface area contributed by atoms with Gasteiger partial charge < -0.3 is 24.6 Å². The molecule has 218 valence electrons. The van der Waals surface area contributed by atoms with Crippen LogP contribution in [0.4, 0.5) is 32.0 Å². The number of hydrogen-bond donors (Lipinski definition) is 2. The van der Waals surface area contributed by atoms with Crippen molar-refractivity contribution in [2.45, 2.75) is 30.8 Å². The van der Waals surface area contributed by atoms with Crippen LogP contribution in [-0.4, -0.2) is 41.9 Å². The first kappa shape index (κ1) is 30.0. The van der Waals surface area contributed by atoms with Crippen LogP contribution in [0.25, 0.3) is 0 Å². The first-order chi connectivity index (χ1) is 18.9. The lowest BCUT2D eigenvalue weighted by Gasteiger charge is -2.38. The molecule has 0 bridgehead atoms. The third-order valence-corrected chi connectivity index (χ3v) is 7.07. The van der Waals surface area contributed by atoms with Crippen molar-refractivity contribution in [3.63, 3.8) is 0 Å². The van der Waals surface area contributed by atoms with Crippen LogP contribution in [0.2, 0.25) is 5.02 Å². The quantitative estimate of drug-likeness (QED) is 0.302. The van der Waals surface area contributed by atoms with Crippen LogP contribution < -0.4 is 14.4 Å². The van der Waals surface area contributed by atoms with Gasteiger partial charge in [-0.25, -0.2) is 4.79 Å². The standard InChI is InChI=1S/C27H20ClF6NO6/c1-13(25(39,27(32,33)34)14-3-8-22-21(9-14)35(2)23(36)12-40-22)17-6-4-16(11-20(17)28)41-15-5-7-18(24(37)38)19(10-15)26(29,30)31/h3-11,13,39H,12H2,1-2H3,(H,37,38)/t13-,25-/m1/s1. The van der Waals surface area contributed by atoms with Gasteiger partial charge in [-0.05, 0) is 53.6 Å². The second-order valence-electron chi connectivity index (χ2n) is 9.21. The third-order valence-electron chi connectivity index (χ3n) is 6.75. The molecule has 2 atom stereocenters. The molecule has 41 heavy (non-hydrogen) atoms. The Morgan fingerprint density at radius 1 is 1.02 bits per heavy atom. The number of anilines is 1. The Kier molecular flexibility index (Phi) is 7.65. The highest BCUT2D eigenvalue weighted by atomic mass is 35.5. The summed E-state index contributed by atoms with van der Waals surface area (Å²) in [5, 5.41) is 19.9. The monoisotopic (exact) mass is 603 g/mol. The maximum absolute atomic E-state index is 14.5. The highest BCUT2D eigenvalue weighted by Gasteiger charge is 2.59. The fraction of sp³-hybridized carbons (Fsp3) is 0.259. The summed E-state index contributed by atoms with van der Waals surface area (Å²) in [6.07, 6.45) is -10.2. The van der Waals surface area contributed by atoms with E-state index >= 15 is 0 Å². The Hall–Kier alpha value is -3.97. The predicted molar refractivity (Wildman–Crippen MR) is 134 cm³/mol. The normalized spacial score (nSPS) is 16.0. The number of carboxylic acids is 1. The zero-order chi connectivity index (χ0) is 30.5.